The summed E-state index contributed by atoms with van der Waals surface area (Å²) in [5.41, 5.74) is 9.33. The van der Waals surface area contributed by atoms with Crippen LogP contribution in [-0.2, 0) is 0 Å². The Hall–Kier alpha value is -2.62. The van der Waals surface area contributed by atoms with Crippen molar-refractivity contribution in [2.45, 2.75) is 6.92 Å². The fourth-order valence-electron chi connectivity index (χ4n) is 2.00. The van der Waals surface area contributed by atoms with Gasteiger partial charge in [0.25, 0.3) is 5.89 Å². The summed E-state index contributed by atoms with van der Waals surface area (Å²) < 4.78 is 5.72. The molecule has 0 radical (unpaired) electrons. The Morgan fingerprint density at radius 3 is 2.37 bits per heavy atom. The van der Waals surface area contributed by atoms with Crippen LogP contribution >= 0.6 is 0 Å². The molecule has 0 bridgehead atoms. The molecule has 0 amide bonds. The second-order valence-corrected chi connectivity index (χ2v) is 4.32. The SMILES string of the molecule is Cc1cccc(N)c1-c1nnc(-c2ccccc2)o1. The lowest BCUT2D eigenvalue weighted by molar-refractivity contribution is 0.584. The van der Waals surface area contributed by atoms with Crippen molar-refractivity contribution in [2.75, 3.05) is 5.73 Å². The number of nitrogens with zero attached hydrogens (tertiary/aromatic N) is 2. The molecule has 2 aromatic carbocycles. The highest BCUT2D eigenvalue weighted by atomic mass is 16.4. The maximum absolute atomic E-state index is 5.97. The topological polar surface area (TPSA) is 64.9 Å². The van der Waals surface area contributed by atoms with Crippen LogP contribution in [-0.4, -0.2) is 10.2 Å². The lowest BCUT2D eigenvalue weighted by Gasteiger charge is -2.03. The number of aryl methyl sites for hydroxylation is 1. The van der Waals surface area contributed by atoms with Gasteiger partial charge < -0.3 is 10.2 Å². The largest absolute Gasteiger partial charge is 0.416 e. The number of benzene rings is 2. The first-order valence-electron chi connectivity index (χ1n) is 6.00. The van der Waals surface area contributed by atoms with Gasteiger partial charge in [-0.1, -0.05) is 30.3 Å². The summed E-state index contributed by atoms with van der Waals surface area (Å²) in [6, 6.07) is 15.4. The van der Waals surface area contributed by atoms with Gasteiger partial charge in [-0.2, -0.15) is 0 Å². The van der Waals surface area contributed by atoms with Crippen LogP contribution in [0.4, 0.5) is 5.69 Å². The Morgan fingerprint density at radius 1 is 0.895 bits per heavy atom. The minimum Gasteiger partial charge on any atom is -0.416 e. The van der Waals surface area contributed by atoms with Gasteiger partial charge in [-0.15, -0.1) is 10.2 Å². The molecule has 4 heteroatoms. The van der Waals surface area contributed by atoms with E-state index in [1.165, 1.54) is 0 Å². The summed E-state index contributed by atoms with van der Waals surface area (Å²) in [7, 11) is 0. The zero-order valence-electron chi connectivity index (χ0n) is 10.5. The summed E-state index contributed by atoms with van der Waals surface area (Å²) in [5.74, 6) is 0.952. The van der Waals surface area contributed by atoms with E-state index in [0.29, 0.717) is 17.5 Å². The van der Waals surface area contributed by atoms with Gasteiger partial charge in [-0.3, -0.25) is 0 Å². The minimum atomic E-state index is 0.453. The molecule has 3 aromatic rings. The molecule has 0 aliphatic carbocycles. The highest BCUT2D eigenvalue weighted by molar-refractivity contribution is 5.74. The van der Waals surface area contributed by atoms with E-state index in [1.807, 2.05) is 55.5 Å². The molecule has 19 heavy (non-hydrogen) atoms. The molecule has 0 spiro atoms. The summed E-state index contributed by atoms with van der Waals surface area (Å²) in [5, 5.41) is 8.16. The number of nitrogens with two attached hydrogens (primary N) is 1. The van der Waals surface area contributed by atoms with Crippen LogP contribution in [0.2, 0.25) is 0 Å². The van der Waals surface area contributed by atoms with Crippen molar-refractivity contribution in [3.8, 4) is 22.9 Å². The Labute approximate surface area is 110 Å². The molecule has 2 N–H and O–H groups in total. The van der Waals surface area contributed by atoms with E-state index >= 15 is 0 Å². The van der Waals surface area contributed by atoms with Gasteiger partial charge in [-0.05, 0) is 30.7 Å². The second kappa shape index (κ2) is 4.57. The van der Waals surface area contributed by atoms with Crippen LogP contribution in [0.5, 0.6) is 0 Å². The Bertz CT molecular complexity index is 684. The van der Waals surface area contributed by atoms with Crippen molar-refractivity contribution in [1.29, 1.82) is 0 Å². The van der Waals surface area contributed by atoms with E-state index < -0.39 is 0 Å². The van der Waals surface area contributed by atoms with Crippen molar-refractivity contribution >= 4 is 5.69 Å². The Balaban J connectivity index is 2.07. The molecule has 1 heterocycles. The van der Waals surface area contributed by atoms with E-state index in [9.17, 15) is 0 Å². The summed E-state index contributed by atoms with van der Waals surface area (Å²) in [6.07, 6.45) is 0. The molecule has 0 saturated carbocycles. The summed E-state index contributed by atoms with van der Waals surface area (Å²) in [4.78, 5) is 0. The molecule has 4 nitrogen and oxygen atoms in total. The van der Waals surface area contributed by atoms with Crippen LogP contribution in [0.15, 0.2) is 52.9 Å². The van der Waals surface area contributed by atoms with Gasteiger partial charge in [0.2, 0.25) is 5.89 Å². The third-order valence-electron chi connectivity index (χ3n) is 2.96. The minimum absolute atomic E-state index is 0.453. The zero-order valence-corrected chi connectivity index (χ0v) is 10.5. The van der Waals surface area contributed by atoms with Crippen LogP contribution in [0.25, 0.3) is 22.9 Å². The quantitative estimate of drug-likeness (QED) is 0.710. The van der Waals surface area contributed by atoms with Crippen molar-refractivity contribution in [3.63, 3.8) is 0 Å². The first kappa shape index (κ1) is 11.5. The van der Waals surface area contributed by atoms with Crippen molar-refractivity contribution in [2.24, 2.45) is 0 Å². The van der Waals surface area contributed by atoms with E-state index in [2.05, 4.69) is 10.2 Å². The molecule has 0 atom stereocenters. The van der Waals surface area contributed by atoms with Crippen LogP contribution in [0, 0.1) is 6.92 Å². The van der Waals surface area contributed by atoms with E-state index in [4.69, 9.17) is 10.2 Å². The van der Waals surface area contributed by atoms with Crippen LogP contribution in [0.3, 0.4) is 0 Å². The monoisotopic (exact) mass is 251 g/mol. The van der Waals surface area contributed by atoms with Gasteiger partial charge in [0.15, 0.2) is 0 Å². The molecule has 94 valence electrons. The average Bonchev–Trinajstić information content (AvgIpc) is 2.89. The van der Waals surface area contributed by atoms with Crippen LogP contribution < -0.4 is 5.73 Å². The van der Waals surface area contributed by atoms with Crippen molar-refractivity contribution in [3.05, 3.63) is 54.1 Å². The normalized spacial score (nSPS) is 10.6. The third-order valence-corrected chi connectivity index (χ3v) is 2.96. The first-order chi connectivity index (χ1) is 9.25. The number of hydrogen-bond acceptors (Lipinski definition) is 4. The van der Waals surface area contributed by atoms with Gasteiger partial charge in [0.05, 0.1) is 5.56 Å². The Kier molecular flexibility index (Phi) is 2.76. The predicted molar refractivity (Wildman–Crippen MR) is 74.3 cm³/mol. The number of nitrogen functional groups attached to an aromatic ring is 1. The van der Waals surface area contributed by atoms with Gasteiger partial charge >= 0.3 is 0 Å². The molecule has 0 aliphatic rings. The Morgan fingerprint density at radius 2 is 1.63 bits per heavy atom. The first-order valence-corrected chi connectivity index (χ1v) is 6.00. The fourth-order valence-corrected chi connectivity index (χ4v) is 2.00. The van der Waals surface area contributed by atoms with Crippen molar-refractivity contribution < 1.29 is 4.42 Å². The van der Waals surface area contributed by atoms with Gasteiger partial charge in [-0.25, -0.2) is 0 Å². The van der Waals surface area contributed by atoms with Gasteiger partial charge in [0, 0.05) is 11.3 Å². The molecule has 0 aliphatic heterocycles. The highest BCUT2D eigenvalue weighted by Crippen LogP contribution is 2.30. The maximum atomic E-state index is 5.97. The molecule has 1 aromatic heterocycles. The van der Waals surface area contributed by atoms with Crippen LogP contribution in [0.1, 0.15) is 5.56 Å². The van der Waals surface area contributed by atoms with E-state index in [0.717, 1.165) is 16.7 Å². The highest BCUT2D eigenvalue weighted by Gasteiger charge is 2.14. The van der Waals surface area contributed by atoms with E-state index in [1.54, 1.807) is 0 Å². The number of aromatic nitrogens is 2. The van der Waals surface area contributed by atoms with E-state index in [-0.39, 0.29) is 0 Å². The molecule has 3 rings (SSSR count). The zero-order chi connectivity index (χ0) is 13.2. The second-order valence-electron chi connectivity index (χ2n) is 4.32. The lowest BCUT2D eigenvalue weighted by Crippen LogP contribution is -1.92. The smallest absolute Gasteiger partial charge is 0.250 e. The van der Waals surface area contributed by atoms with Gasteiger partial charge in [0.1, 0.15) is 0 Å². The molecule has 0 fully saturated rings. The molecular weight excluding hydrogens is 238 g/mol. The summed E-state index contributed by atoms with van der Waals surface area (Å²) in [6.45, 7) is 1.97. The predicted octanol–water partition coefficient (Wildman–Crippen LogP) is 3.29. The molecular formula is C15H13N3O. The maximum Gasteiger partial charge on any atom is 0.250 e. The molecule has 0 unspecified atom stereocenters. The average molecular weight is 251 g/mol. The third kappa shape index (κ3) is 2.08. The number of rotatable bonds is 2. The fraction of sp³-hybridized carbons (Fsp3) is 0.0667. The number of anilines is 1. The molecule has 0 saturated heterocycles. The number of hydrogen-bond donors (Lipinski definition) is 1. The summed E-state index contributed by atoms with van der Waals surface area (Å²) >= 11 is 0. The van der Waals surface area contributed by atoms with Crippen molar-refractivity contribution in [1.82, 2.24) is 10.2 Å². The lowest BCUT2D eigenvalue weighted by atomic mass is 10.1. The standard InChI is InChI=1S/C15H13N3O/c1-10-6-5-9-12(16)13(10)15-18-17-14(19-15)11-7-3-2-4-8-11/h2-9H,16H2,1H3.